The second-order valence-electron chi connectivity index (χ2n) is 10.7. The van der Waals surface area contributed by atoms with Crippen LogP contribution in [0.15, 0.2) is 152 Å². The number of aromatic hydroxyl groups is 1. The largest absolute Gasteiger partial charge is 0.508 e. The number of hydrogen-bond acceptors (Lipinski definition) is 1. The third kappa shape index (κ3) is 6.48. The van der Waals surface area contributed by atoms with Crippen molar-refractivity contribution in [2.45, 2.75) is 25.7 Å². The Morgan fingerprint density at radius 2 is 0.805 bits per heavy atom. The van der Waals surface area contributed by atoms with Gasteiger partial charge in [-0.05, 0) is 93.5 Å². The molecule has 0 atom stereocenters. The van der Waals surface area contributed by atoms with Crippen molar-refractivity contribution in [2.24, 2.45) is 0 Å². The second kappa shape index (κ2) is 12.5. The Bertz CT molecular complexity index is 1710. The lowest BCUT2D eigenvalue weighted by Crippen LogP contribution is -2.09. The maximum absolute atomic E-state index is 10.6. The molecule has 0 aliphatic heterocycles. The smallest absolute Gasteiger partial charge is 0.116 e. The van der Waals surface area contributed by atoms with Crippen molar-refractivity contribution >= 4 is 0 Å². The lowest BCUT2D eigenvalue weighted by Gasteiger charge is -2.24. The van der Waals surface area contributed by atoms with E-state index in [1.54, 1.807) is 6.07 Å². The monoisotopic (exact) mass is 530 g/mol. The van der Waals surface area contributed by atoms with Crippen molar-refractivity contribution in [3.05, 3.63) is 196 Å². The van der Waals surface area contributed by atoms with E-state index in [1.807, 2.05) is 12.1 Å². The van der Waals surface area contributed by atoms with Gasteiger partial charge in [0.25, 0.3) is 0 Å². The van der Waals surface area contributed by atoms with E-state index in [9.17, 15) is 5.11 Å². The van der Waals surface area contributed by atoms with Crippen molar-refractivity contribution in [1.29, 1.82) is 0 Å². The van der Waals surface area contributed by atoms with E-state index < -0.39 is 0 Å². The van der Waals surface area contributed by atoms with Crippen LogP contribution < -0.4 is 0 Å². The first-order chi connectivity index (χ1) is 20.2. The summed E-state index contributed by atoms with van der Waals surface area (Å²) in [6.07, 6.45) is 3.36. The van der Waals surface area contributed by atoms with Crippen molar-refractivity contribution in [2.75, 3.05) is 0 Å². The molecule has 6 aromatic carbocycles. The number of benzene rings is 6. The van der Waals surface area contributed by atoms with Gasteiger partial charge in [-0.1, -0.05) is 140 Å². The predicted molar refractivity (Wildman–Crippen MR) is 171 cm³/mol. The maximum Gasteiger partial charge on any atom is 0.116 e. The minimum absolute atomic E-state index is 0.289. The highest BCUT2D eigenvalue weighted by atomic mass is 16.3. The van der Waals surface area contributed by atoms with E-state index >= 15 is 0 Å². The third-order valence-corrected chi connectivity index (χ3v) is 7.78. The summed E-state index contributed by atoms with van der Waals surface area (Å²) < 4.78 is 0. The van der Waals surface area contributed by atoms with Gasteiger partial charge in [0.1, 0.15) is 5.75 Å². The first kappa shape index (κ1) is 26.3. The fourth-order valence-corrected chi connectivity index (χ4v) is 5.87. The van der Waals surface area contributed by atoms with Crippen LogP contribution in [0.3, 0.4) is 0 Å². The van der Waals surface area contributed by atoms with Gasteiger partial charge in [-0.25, -0.2) is 0 Å². The van der Waals surface area contributed by atoms with Gasteiger partial charge in [0.05, 0.1) is 0 Å². The van der Waals surface area contributed by atoms with Crippen LogP contribution in [0.25, 0.3) is 11.1 Å². The Kier molecular flexibility index (Phi) is 8.05. The molecule has 6 aromatic rings. The fourth-order valence-electron chi connectivity index (χ4n) is 5.87. The minimum atomic E-state index is 0.289. The Labute approximate surface area is 243 Å². The molecule has 6 rings (SSSR count). The van der Waals surface area contributed by atoms with Gasteiger partial charge in [-0.15, -0.1) is 0 Å². The second-order valence-corrected chi connectivity index (χ2v) is 10.7. The van der Waals surface area contributed by atoms with Crippen LogP contribution in [0.4, 0.5) is 0 Å². The molecule has 200 valence electrons. The van der Waals surface area contributed by atoms with Gasteiger partial charge in [0.2, 0.25) is 0 Å². The zero-order valence-corrected chi connectivity index (χ0v) is 23.2. The van der Waals surface area contributed by atoms with Crippen molar-refractivity contribution in [3.63, 3.8) is 0 Å². The molecule has 0 saturated heterocycles. The molecular weight excluding hydrogens is 496 g/mol. The van der Waals surface area contributed by atoms with Gasteiger partial charge in [0, 0.05) is 0 Å². The molecule has 0 fully saturated rings. The Morgan fingerprint density at radius 3 is 1.29 bits per heavy atom. The van der Waals surface area contributed by atoms with Crippen LogP contribution in [0.2, 0.25) is 0 Å². The molecule has 0 heterocycles. The standard InChI is InChI=1S/C40H34O/c41-37-23-13-22-34(29-37)40-36(25-31-16-7-2-8-17-31)28-35(24-30-14-5-1-6-15-30)38(26-32-18-9-3-10-19-32)39(40)27-33-20-11-4-12-21-33/h1-23,28-29,41H,24-27H2. The summed E-state index contributed by atoms with van der Waals surface area (Å²) >= 11 is 0. The van der Waals surface area contributed by atoms with Crippen LogP contribution in [0.1, 0.15) is 44.5 Å². The molecule has 1 heteroatoms. The topological polar surface area (TPSA) is 20.2 Å². The average Bonchev–Trinajstić information content (AvgIpc) is 3.01. The summed E-state index contributed by atoms with van der Waals surface area (Å²) in [6, 6.07) is 53.3. The highest BCUT2D eigenvalue weighted by molar-refractivity contribution is 5.76. The third-order valence-electron chi connectivity index (χ3n) is 7.78. The molecule has 1 N–H and O–H groups in total. The van der Waals surface area contributed by atoms with E-state index in [-0.39, 0.29) is 5.75 Å². The normalized spacial score (nSPS) is 10.9. The summed E-state index contributed by atoms with van der Waals surface area (Å²) in [5.74, 6) is 0.289. The summed E-state index contributed by atoms with van der Waals surface area (Å²) in [6.45, 7) is 0. The minimum Gasteiger partial charge on any atom is -0.508 e. The highest BCUT2D eigenvalue weighted by Crippen LogP contribution is 2.38. The zero-order valence-electron chi connectivity index (χ0n) is 23.2. The highest BCUT2D eigenvalue weighted by Gasteiger charge is 2.21. The predicted octanol–water partition coefficient (Wildman–Crippen LogP) is 9.42. The summed E-state index contributed by atoms with van der Waals surface area (Å²) in [5, 5.41) is 10.6. The lowest BCUT2D eigenvalue weighted by atomic mass is 9.80. The van der Waals surface area contributed by atoms with Gasteiger partial charge in [0.15, 0.2) is 0 Å². The van der Waals surface area contributed by atoms with E-state index in [4.69, 9.17) is 0 Å². The molecule has 41 heavy (non-hydrogen) atoms. The molecule has 0 aliphatic rings. The van der Waals surface area contributed by atoms with Gasteiger partial charge < -0.3 is 5.11 Å². The van der Waals surface area contributed by atoms with E-state index in [2.05, 4.69) is 133 Å². The molecule has 1 nitrogen and oxygen atoms in total. The van der Waals surface area contributed by atoms with Crippen LogP contribution in [-0.2, 0) is 25.7 Å². The van der Waals surface area contributed by atoms with Crippen LogP contribution >= 0.6 is 0 Å². The van der Waals surface area contributed by atoms with Crippen molar-refractivity contribution in [3.8, 4) is 16.9 Å². The number of rotatable bonds is 9. The first-order valence-electron chi connectivity index (χ1n) is 14.3. The fraction of sp³-hybridized carbons (Fsp3) is 0.100. The lowest BCUT2D eigenvalue weighted by molar-refractivity contribution is 0.475. The van der Waals surface area contributed by atoms with E-state index in [0.717, 1.165) is 31.2 Å². The molecule has 0 aromatic heterocycles. The first-order valence-corrected chi connectivity index (χ1v) is 14.3. The number of phenolic OH excluding ortho intramolecular Hbond substituents is 1. The molecule has 0 spiro atoms. The molecule has 0 amide bonds. The Balaban J connectivity index is 1.64. The average molecular weight is 531 g/mol. The van der Waals surface area contributed by atoms with Crippen molar-refractivity contribution < 1.29 is 5.11 Å². The summed E-state index contributed by atoms with van der Waals surface area (Å²) in [7, 11) is 0. The van der Waals surface area contributed by atoms with Crippen LogP contribution in [0.5, 0.6) is 5.75 Å². The molecule has 0 saturated carbocycles. The molecule has 0 aliphatic carbocycles. The molecular formula is C40H34O. The molecule has 0 radical (unpaired) electrons. The van der Waals surface area contributed by atoms with Crippen LogP contribution in [0, 0.1) is 0 Å². The Morgan fingerprint density at radius 1 is 0.366 bits per heavy atom. The number of phenols is 1. The van der Waals surface area contributed by atoms with Gasteiger partial charge in [-0.3, -0.25) is 0 Å². The quantitative estimate of drug-likeness (QED) is 0.197. The summed E-state index contributed by atoms with van der Waals surface area (Å²) in [4.78, 5) is 0. The molecule has 0 bridgehead atoms. The zero-order chi connectivity index (χ0) is 27.9. The maximum atomic E-state index is 10.6. The SMILES string of the molecule is Oc1cccc(-c2c(Cc3ccccc3)cc(Cc3ccccc3)c(Cc3ccccc3)c2Cc2ccccc2)c1. The van der Waals surface area contributed by atoms with Crippen molar-refractivity contribution in [1.82, 2.24) is 0 Å². The van der Waals surface area contributed by atoms with E-state index in [1.165, 1.54) is 50.1 Å². The molecule has 0 unspecified atom stereocenters. The Hall–Kier alpha value is -4.88. The van der Waals surface area contributed by atoms with Gasteiger partial charge >= 0.3 is 0 Å². The van der Waals surface area contributed by atoms with Crippen LogP contribution in [-0.4, -0.2) is 5.11 Å². The van der Waals surface area contributed by atoms with E-state index in [0.29, 0.717) is 0 Å². The summed E-state index contributed by atoms with van der Waals surface area (Å²) in [5.41, 5.74) is 12.8. The van der Waals surface area contributed by atoms with Gasteiger partial charge in [-0.2, -0.15) is 0 Å². The number of hydrogen-bond donors (Lipinski definition) is 1.